The Morgan fingerprint density at radius 3 is 2.28 bits per heavy atom. The summed E-state index contributed by atoms with van der Waals surface area (Å²) in [5.41, 5.74) is 1.93. The number of anilines is 1. The minimum Gasteiger partial charge on any atom is -0.325 e. The van der Waals surface area contributed by atoms with E-state index in [0.717, 1.165) is 11.3 Å². The quantitative estimate of drug-likeness (QED) is 0.754. The first-order chi connectivity index (χ1) is 13.8. The summed E-state index contributed by atoms with van der Waals surface area (Å²) in [6.07, 6.45) is 0. The number of hydrogen-bond donors (Lipinski definition) is 1. The topological polar surface area (TPSA) is 69.7 Å². The molecule has 2 aromatic rings. The van der Waals surface area contributed by atoms with Crippen LogP contribution in [0, 0.1) is 0 Å². The van der Waals surface area contributed by atoms with Crippen LogP contribution in [0.15, 0.2) is 53.4 Å². The van der Waals surface area contributed by atoms with Crippen molar-refractivity contribution in [3.63, 3.8) is 0 Å². The Morgan fingerprint density at radius 2 is 1.66 bits per heavy atom. The molecule has 1 amide bonds. The molecule has 8 heteroatoms. The Balaban J connectivity index is 1.56. The van der Waals surface area contributed by atoms with E-state index in [0.29, 0.717) is 37.1 Å². The lowest BCUT2D eigenvalue weighted by Crippen LogP contribution is -2.50. The molecule has 0 spiro atoms. The predicted molar refractivity (Wildman–Crippen MR) is 116 cm³/mol. The van der Waals surface area contributed by atoms with Crippen LogP contribution in [-0.2, 0) is 14.8 Å². The van der Waals surface area contributed by atoms with E-state index in [4.69, 9.17) is 11.6 Å². The van der Waals surface area contributed by atoms with E-state index in [-0.39, 0.29) is 17.3 Å². The molecule has 0 aliphatic carbocycles. The molecule has 1 fully saturated rings. The number of hydrogen-bond acceptors (Lipinski definition) is 4. The second-order valence-corrected chi connectivity index (χ2v) is 9.80. The maximum Gasteiger partial charge on any atom is 0.243 e. The van der Waals surface area contributed by atoms with Crippen molar-refractivity contribution in [2.75, 3.05) is 38.0 Å². The van der Waals surface area contributed by atoms with Gasteiger partial charge in [0.2, 0.25) is 15.9 Å². The molecule has 0 atom stereocenters. The van der Waals surface area contributed by atoms with Gasteiger partial charge in [-0.05, 0) is 41.8 Å². The maximum atomic E-state index is 12.8. The summed E-state index contributed by atoms with van der Waals surface area (Å²) in [4.78, 5) is 14.7. The smallest absolute Gasteiger partial charge is 0.243 e. The fourth-order valence-corrected chi connectivity index (χ4v) is 4.94. The van der Waals surface area contributed by atoms with Crippen molar-refractivity contribution in [2.24, 2.45) is 0 Å². The standard InChI is InChI=1S/C21H26ClN3O3S/c1-16(2)19-5-3-4-6-20(19)23-21(26)15-24-11-13-25(14-12-24)29(27,28)18-9-7-17(22)8-10-18/h3-10,16H,11-15H2,1-2H3,(H,23,26). The molecule has 1 aliphatic heterocycles. The molecule has 3 rings (SSSR count). The van der Waals surface area contributed by atoms with Crippen LogP contribution in [-0.4, -0.2) is 56.3 Å². The average Bonchev–Trinajstić information content (AvgIpc) is 2.69. The summed E-state index contributed by atoms with van der Waals surface area (Å²) in [6, 6.07) is 14.0. The van der Waals surface area contributed by atoms with Gasteiger partial charge in [0.15, 0.2) is 0 Å². The molecule has 0 radical (unpaired) electrons. The largest absolute Gasteiger partial charge is 0.325 e. The fraction of sp³-hybridized carbons (Fsp3) is 0.381. The van der Waals surface area contributed by atoms with Gasteiger partial charge in [-0.15, -0.1) is 0 Å². The van der Waals surface area contributed by atoms with Gasteiger partial charge in [-0.1, -0.05) is 43.6 Å². The SMILES string of the molecule is CC(C)c1ccccc1NC(=O)CN1CCN(S(=O)(=O)c2ccc(Cl)cc2)CC1. The number of rotatable bonds is 6. The minimum atomic E-state index is -3.55. The van der Waals surface area contributed by atoms with Crippen LogP contribution >= 0.6 is 11.6 Å². The van der Waals surface area contributed by atoms with Crippen LogP contribution in [0.4, 0.5) is 5.69 Å². The van der Waals surface area contributed by atoms with Gasteiger partial charge in [0, 0.05) is 36.9 Å². The van der Waals surface area contributed by atoms with Crippen LogP contribution in [0.5, 0.6) is 0 Å². The van der Waals surface area contributed by atoms with Crippen molar-refractivity contribution in [3.8, 4) is 0 Å². The first kappa shape index (κ1) is 21.8. The summed E-state index contributed by atoms with van der Waals surface area (Å²) >= 11 is 5.85. The maximum absolute atomic E-state index is 12.8. The summed E-state index contributed by atoms with van der Waals surface area (Å²) in [5.74, 6) is 0.222. The average molecular weight is 436 g/mol. The van der Waals surface area contributed by atoms with E-state index in [1.54, 1.807) is 12.1 Å². The molecule has 2 aromatic carbocycles. The molecule has 0 unspecified atom stereocenters. The van der Waals surface area contributed by atoms with Gasteiger partial charge in [-0.3, -0.25) is 9.69 Å². The highest BCUT2D eigenvalue weighted by Crippen LogP contribution is 2.24. The highest BCUT2D eigenvalue weighted by molar-refractivity contribution is 7.89. The monoisotopic (exact) mass is 435 g/mol. The predicted octanol–water partition coefficient (Wildman–Crippen LogP) is 3.41. The number of amides is 1. The third-order valence-electron chi connectivity index (χ3n) is 5.01. The molecule has 0 saturated carbocycles. The molecule has 1 saturated heterocycles. The van der Waals surface area contributed by atoms with Gasteiger partial charge in [0.25, 0.3) is 0 Å². The molecule has 0 bridgehead atoms. The van der Waals surface area contributed by atoms with Gasteiger partial charge in [0.05, 0.1) is 11.4 Å². The van der Waals surface area contributed by atoms with Crippen LogP contribution in [0.1, 0.15) is 25.3 Å². The summed E-state index contributed by atoms with van der Waals surface area (Å²) in [7, 11) is -3.55. The van der Waals surface area contributed by atoms with Gasteiger partial charge >= 0.3 is 0 Å². The number of nitrogens with one attached hydrogen (secondary N) is 1. The van der Waals surface area contributed by atoms with Crippen molar-refractivity contribution in [1.82, 2.24) is 9.21 Å². The van der Waals surface area contributed by atoms with Crippen LogP contribution in [0.25, 0.3) is 0 Å². The number of sulfonamides is 1. The van der Waals surface area contributed by atoms with Crippen LogP contribution < -0.4 is 5.32 Å². The first-order valence-electron chi connectivity index (χ1n) is 9.64. The van der Waals surface area contributed by atoms with Crippen LogP contribution in [0.3, 0.4) is 0 Å². The molecule has 6 nitrogen and oxygen atoms in total. The Kier molecular flexibility index (Phi) is 6.95. The Morgan fingerprint density at radius 1 is 1.03 bits per heavy atom. The first-order valence-corrected chi connectivity index (χ1v) is 11.5. The van der Waals surface area contributed by atoms with E-state index in [1.807, 2.05) is 29.2 Å². The summed E-state index contributed by atoms with van der Waals surface area (Å²) in [5, 5.41) is 3.49. The Hall–Kier alpha value is -1.93. The second kappa shape index (κ2) is 9.26. The van der Waals surface area contributed by atoms with Gasteiger partial charge in [-0.25, -0.2) is 8.42 Å². The lowest BCUT2D eigenvalue weighted by atomic mass is 10.0. The molecular weight excluding hydrogens is 410 g/mol. The molecule has 1 heterocycles. The van der Waals surface area contributed by atoms with Crippen molar-refractivity contribution in [1.29, 1.82) is 0 Å². The number of benzene rings is 2. The fourth-order valence-electron chi connectivity index (χ4n) is 3.39. The molecular formula is C21H26ClN3O3S. The van der Waals surface area contributed by atoms with E-state index >= 15 is 0 Å². The normalized spacial score (nSPS) is 16.1. The Bertz CT molecular complexity index is 953. The highest BCUT2D eigenvalue weighted by atomic mass is 35.5. The third kappa shape index (κ3) is 5.36. The highest BCUT2D eigenvalue weighted by Gasteiger charge is 2.29. The van der Waals surface area contributed by atoms with Gasteiger partial charge in [-0.2, -0.15) is 4.31 Å². The number of carbonyl (C=O) groups excluding carboxylic acids is 1. The number of nitrogens with zero attached hydrogens (tertiary/aromatic N) is 2. The summed E-state index contributed by atoms with van der Waals surface area (Å²) < 4.78 is 27.0. The lowest BCUT2D eigenvalue weighted by molar-refractivity contribution is -0.117. The zero-order valence-corrected chi connectivity index (χ0v) is 18.2. The van der Waals surface area contributed by atoms with E-state index in [9.17, 15) is 13.2 Å². The number of halogens is 1. The number of para-hydroxylation sites is 1. The molecule has 1 aliphatic rings. The van der Waals surface area contributed by atoms with Crippen molar-refractivity contribution >= 4 is 33.2 Å². The van der Waals surface area contributed by atoms with Crippen molar-refractivity contribution in [3.05, 3.63) is 59.1 Å². The van der Waals surface area contributed by atoms with Crippen molar-refractivity contribution < 1.29 is 13.2 Å². The number of carbonyl (C=O) groups is 1. The van der Waals surface area contributed by atoms with E-state index in [2.05, 4.69) is 19.2 Å². The summed E-state index contributed by atoms with van der Waals surface area (Å²) in [6.45, 7) is 6.12. The zero-order chi connectivity index (χ0) is 21.0. The minimum absolute atomic E-state index is 0.0906. The second-order valence-electron chi connectivity index (χ2n) is 7.42. The molecule has 29 heavy (non-hydrogen) atoms. The lowest BCUT2D eigenvalue weighted by Gasteiger charge is -2.33. The van der Waals surface area contributed by atoms with Gasteiger partial charge < -0.3 is 5.32 Å². The molecule has 1 N–H and O–H groups in total. The van der Waals surface area contributed by atoms with Crippen molar-refractivity contribution in [2.45, 2.75) is 24.7 Å². The van der Waals surface area contributed by atoms with E-state index in [1.165, 1.54) is 16.4 Å². The van der Waals surface area contributed by atoms with E-state index < -0.39 is 10.0 Å². The van der Waals surface area contributed by atoms with Gasteiger partial charge in [0.1, 0.15) is 0 Å². The zero-order valence-electron chi connectivity index (χ0n) is 16.6. The Labute approximate surface area is 177 Å². The third-order valence-corrected chi connectivity index (χ3v) is 7.17. The molecule has 0 aromatic heterocycles. The number of piperazine rings is 1. The van der Waals surface area contributed by atoms with Crippen LogP contribution in [0.2, 0.25) is 5.02 Å². The molecule has 156 valence electrons.